The average Bonchev–Trinajstić information content (AvgIpc) is 2.73. The first-order valence-corrected chi connectivity index (χ1v) is 9.39. The number of carbonyl (C=O) groups excluding carboxylic acids is 1. The number of aromatic nitrogens is 3. The molecular weight excluding hydrogens is 362 g/mol. The summed E-state index contributed by atoms with van der Waals surface area (Å²) in [6.45, 7) is 4.24. The number of fused-ring (bicyclic) bond motifs is 1. The SMILES string of the molecule is Cc1ccc(CNC(=O)c2cc(Nc3cccc4cccnc34)nc(C)n2)cc1. The minimum absolute atomic E-state index is 0.241. The summed E-state index contributed by atoms with van der Waals surface area (Å²) in [6, 6.07) is 19.5. The van der Waals surface area contributed by atoms with Crippen LogP contribution in [0.25, 0.3) is 10.9 Å². The summed E-state index contributed by atoms with van der Waals surface area (Å²) in [4.78, 5) is 25.8. The van der Waals surface area contributed by atoms with Crippen molar-refractivity contribution in [3.8, 4) is 0 Å². The van der Waals surface area contributed by atoms with E-state index in [0.29, 0.717) is 23.9 Å². The number of hydrogen-bond donors (Lipinski definition) is 2. The molecule has 0 bridgehead atoms. The van der Waals surface area contributed by atoms with Crippen LogP contribution in [0, 0.1) is 13.8 Å². The normalized spacial score (nSPS) is 10.7. The van der Waals surface area contributed by atoms with Crippen molar-refractivity contribution in [3.63, 3.8) is 0 Å². The molecule has 2 heterocycles. The van der Waals surface area contributed by atoms with Crippen LogP contribution in [0.5, 0.6) is 0 Å². The molecule has 0 saturated carbocycles. The van der Waals surface area contributed by atoms with Crippen LogP contribution in [0.4, 0.5) is 11.5 Å². The Bertz CT molecular complexity index is 1170. The van der Waals surface area contributed by atoms with Crippen LogP contribution in [0.1, 0.15) is 27.4 Å². The molecule has 29 heavy (non-hydrogen) atoms. The number of carbonyl (C=O) groups is 1. The van der Waals surface area contributed by atoms with E-state index in [1.54, 1.807) is 19.2 Å². The number of hydrogen-bond acceptors (Lipinski definition) is 5. The van der Waals surface area contributed by atoms with Crippen LogP contribution < -0.4 is 10.6 Å². The number of anilines is 2. The molecule has 0 saturated heterocycles. The lowest BCUT2D eigenvalue weighted by Gasteiger charge is -2.11. The molecule has 144 valence electrons. The average molecular weight is 383 g/mol. The van der Waals surface area contributed by atoms with Crippen LogP contribution in [0.15, 0.2) is 66.9 Å². The fourth-order valence-corrected chi connectivity index (χ4v) is 3.07. The molecule has 0 radical (unpaired) electrons. The van der Waals surface area contributed by atoms with E-state index in [-0.39, 0.29) is 5.91 Å². The zero-order valence-corrected chi connectivity index (χ0v) is 16.3. The summed E-state index contributed by atoms with van der Waals surface area (Å²) in [5.41, 5.74) is 4.21. The third-order valence-corrected chi connectivity index (χ3v) is 4.54. The minimum atomic E-state index is -0.241. The van der Waals surface area contributed by atoms with E-state index < -0.39 is 0 Å². The monoisotopic (exact) mass is 383 g/mol. The maximum Gasteiger partial charge on any atom is 0.270 e. The maximum atomic E-state index is 12.6. The highest BCUT2D eigenvalue weighted by Gasteiger charge is 2.11. The van der Waals surface area contributed by atoms with Gasteiger partial charge in [-0.1, -0.05) is 48.0 Å². The summed E-state index contributed by atoms with van der Waals surface area (Å²) in [7, 11) is 0. The highest BCUT2D eigenvalue weighted by atomic mass is 16.1. The molecule has 2 N–H and O–H groups in total. The Labute approximate surface area is 169 Å². The molecular formula is C23H21N5O. The molecule has 0 aliphatic carbocycles. The van der Waals surface area contributed by atoms with Gasteiger partial charge in [0.05, 0.1) is 11.2 Å². The third kappa shape index (κ3) is 4.38. The van der Waals surface area contributed by atoms with Gasteiger partial charge >= 0.3 is 0 Å². The van der Waals surface area contributed by atoms with E-state index in [4.69, 9.17) is 0 Å². The minimum Gasteiger partial charge on any atom is -0.347 e. The van der Waals surface area contributed by atoms with Crippen LogP contribution in [0.3, 0.4) is 0 Å². The fraction of sp³-hybridized carbons (Fsp3) is 0.130. The topological polar surface area (TPSA) is 79.8 Å². The molecule has 1 amide bonds. The van der Waals surface area contributed by atoms with E-state index in [1.165, 1.54) is 5.56 Å². The lowest BCUT2D eigenvalue weighted by molar-refractivity contribution is 0.0945. The van der Waals surface area contributed by atoms with Crippen molar-refractivity contribution >= 4 is 28.3 Å². The summed E-state index contributed by atoms with van der Waals surface area (Å²) in [6.07, 6.45) is 1.75. The lowest BCUT2D eigenvalue weighted by Crippen LogP contribution is -2.24. The first-order chi connectivity index (χ1) is 14.1. The van der Waals surface area contributed by atoms with Gasteiger partial charge in [-0.05, 0) is 31.5 Å². The summed E-state index contributed by atoms with van der Waals surface area (Å²) >= 11 is 0. The van der Waals surface area contributed by atoms with Gasteiger partial charge in [0.1, 0.15) is 17.3 Å². The standard InChI is InChI=1S/C23H21N5O/c1-15-8-10-17(11-9-15)14-25-23(29)20-13-21(27-16(2)26-20)28-19-7-3-5-18-6-4-12-24-22(18)19/h3-13H,14H2,1-2H3,(H,25,29)(H,26,27,28). The number of para-hydroxylation sites is 1. The van der Waals surface area contributed by atoms with Crippen LogP contribution in [0.2, 0.25) is 0 Å². The molecule has 0 aliphatic rings. The maximum absolute atomic E-state index is 12.6. The van der Waals surface area contributed by atoms with Crippen LogP contribution >= 0.6 is 0 Å². The van der Waals surface area contributed by atoms with Crippen molar-refractivity contribution in [1.29, 1.82) is 0 Å². The number of benzene rings is 2. The van der Waals surface area contributed by atoms with Gasteiger partial charge in [-0.3, -0.25) is 9.78 Å². The molecule has 0 aliphatic heterocycles. The molecule has 6 heteroatoms. The Morgan fingerprint density at radius 3 is 2.59 bits per heavy atom. The van der Waals surface area contributed by atoms with Crippen molar-refractivity contribution in [2.75, 3.05) is 5.32 Å². The molecule has 4 aromatic rings. The molecule has 4 rings (SSSR count). The Morgan fingerprint density at radius 2 is 1.76 bits per heavy atom. The molecule has 2 aromatic carbocycles. The Hall–Kier alpha value is -3.80. The zero-order valence-electron chi connectivity index (χ0n) is 16.3. The second-order valence-corrected chi connectivity index (χ2v) is 6.86. The van der Waals surface area contributed by atoms with E-state index in [2.05, 4.69) is 25.6 Å². The zero-order chi connectivity index (χ0) is 20.2. The van der Waals surface area contributed by atoms with E-state index in [0.717, 1.165) is 22.2 Å². The van der Waals surface area contributed by atoms with Gasteiger partial charge in [-0.2, -0.15) is 0 Å². The quantitative estimate of drug-likeness (QED) is 0.537. The third-order valence-electron chi connectivity index (χ3n) is 4.54. The highest BCUT2D eigenvalue weighted by Crippen LogP contribution is 2.24. The van der Waals surface area contributed by atoms with Crippen molar-refractivity contribution in [1.82, 2.24) is 20.3 Å². The lowest BCUT2D eigenvalue weighted by atomic mass is 10.1. The first kappa shape index (κ1) is 18.6. The number of rotatable bonds is 5. The van der Waals surface area contributed by atoms with Crippen molar-refractivity contribution in [2.45, 2.75) is 20.4 Å². The number of nitrogens with one attached hydrogen (secondary N) is 2. The number of aryl methyl sites for hydroxylation is 2. The van der Waals surface area contributed by atoms with Gasteiger partial charge < -0.3 is 10.6 Å². The van der Waals surface area contributed by atoms with Gasteiger partial charge in [-0.25, -0.2) is 9.97 Å². The molecule has 6 nitrogen and oxygen atoms in total. The second-order valence-electron chi connectivity index (χ2n) is 6.86. The highest BCUT2D eigenvalue weighted by molar-refractivity contribution is 5.94. The van der Waals surface area contributed by atoms with Gasteiger partial charge in [-0.15, -0.1) is 0 Å². The number of pyridine rings is 1. The smallest absolute Gasteiger partial charge is 0.270 e. The largest absolute Gasteiger partial charge is 0.347 e. The molecule has 0 unspecified atom stereocenters. The van der Waals surface area contributed by atoms with Crippen molar-refractivity contribution in [3.05, 3.63) is 89.5 Å². The van der Waals surface area contributed by atoms with Crippen molar-refractivity contribution < 1.29 is 4.79 Å². The van der Waals surface area contributed by atoms with Crippen LogP contribution in [-0.4, -0.2) is 20.9 Å². The predicted molar refractivity (Wildman–Crippen MR) is 114 cm³/mol. The molecule has 2 aromatic heterocycles. The number of nitrogens with zero attached hydrogens (tertiary/aromatic N) is 3. The fourth-order valence-electron chi connectivity index (χ4n) is 3.07. The van der Waals surface area contributed by atoms with E-state index in [9.17, 15) is 4.79 Å². The Kier molecular flexibility index (Phi) is 5.16. The van der Waals surface area contributed by atoms with Crippen molar-refractivity contribution in [2.24, 2.45) is 0 Å². The molecule has 0 spiro atoms. The molecule has 0 atom stereocenters. The van der Waals surface area contributed by atoms with Gasteiger partial charge in [0.15, 0.2) is 0 Å². The summed E-state index contributed by atoms with van der Waals surface area (Å²) < 4.78 is 0. The summed E-state index contributed by atoms with van der Waals surface area (Å²) in [5.74, 6) is 0.829. The van der Waals surface area contributed by atoms with Gasteiger partial charge in [0, 0.05) is 24.2 Å². The van der Waals surface area contributed by atoms with E-state index >= 15 is 0 Å². The summed E-state index contributed by atoms with van der Waals surface area (Å²) in [5, 5.41) is 7.21. The first-order valence-electron chi connectivity index (χ1n) is 9.39. The van der Waals surface area contributed by atoms with Crippen LogP contribution in [-0.2, 0) is 6.54 Å². The predicted octanol–water partition coefficient (Wildman–Crippen LogP) is 4.32. The van der Waals surface area contributed by atoms with Gasteiger partial charge in [0.25, 0.3) is 5.91 Å². The Morgan fingerprint density at radius 1 is 0.966 bits per heavy atom. The number of amides is 1. The van der Waals surface area contributed by atoms with E-state index in [1.807, 2.05) is 61.5 Å². The molecule has 0 fully saturated rings. The van der Waals surface area contributed by atoms with Gasteiger partial charge in [0.2, 0.25) is 0 Å². The Balaban J connectivity index is 1.54. The second kappa shape index (κ2) is 8.06.